The number of halogens is 1. The topological polar surface area (TPSA) is 89.3 Å². The van der Waals surface area contributed by atoms with Crippen LogP contribution in [0.25, 0.3) is 11.1 Å². The molecule has 0 amide bonds. The fourth-order valence-corrected chi connectivity index (χ4v) is 4.27. The van der Waals surface area contributed by atoms with Crippen molar-refractivity contribution in [2.75, 3.05) is 6.26 Å². The van der Waals surface area contributed by atoms with Crippen LogP contribution in [0, 0.1) is 5.82 Å². The molecule has 0 radical (unpaired) electrons. The van der Waals surface area contributed by atoms with Crippen molar-refractivity contribution in [2.45, 2.75) is 43.5 Å². The van der Waals surface area contributed by atoms with Crippen LogP contribution in [-0.2, 0) is 27.6 Å². The molecule has 0 fully saturated rings. The van der Waals surface area contributed by atoms with Gasteiger partial charge in [0.15, 0.2) is 9.84 Å². The second-order valence-corrected chi connectivity index (χ2v) is 9.71. The van der Waals surface area contributed by atoms with Gasteiger partial charge in [-0.3, -0.25) is 9.48 Å². The van der Waals surface area contributed by atoms with Crippen LogP contribution in [-0.4, -0.2) is 35.5 Å². The van der Waals surface area contributed by atoms with Crippen molar-refractivity contribution in [2.24, 2.45) is 0 Å². The fourth-order valence-electron chi connectivity index (χ4n) is 3.64. The number of aliphatic carboxylic acids is 1. The summed E-state index contributed by atoms with van der Waals surface area (Å²) in [4.78, 5) is 10.9. The summed E-state index contributed by atoms with van der Waals surface area (Å²) in [7, 11) is -3.17. The molecule has 0 saturated carbocycles. The first-order chi connectivity index (χ1) is 14.6. The number of aromatic nitrogens is 2. The molecule has 1 unspecified atom stereocenters. The van der Waals surface area contributed by atoms with Crippen molar-refractivity contribution in [3.05, 3.63) is 71.8 Å². The lowest BCUT2D eigenvalue weighted by Crippen LogP contribution is -2.16. The Balaban J connectivity index is 0.000000179. The van der Waals surface area contributed by atoms with Crippen molar-refractivity contribution in [1.82, 2.24) is 9.78 Å². The number of carboxylic acid groups (broad SMARTS) is 1. The van der Waals surface area contributed by atoms with E-state index in [0.717, 1.165) is 29.7 Å². The summed E-state index contributed by atoms with van der Waals surface area (Å²) >= 11 is 0. The Kier molecular flexibility index (Phi) is 6.90. The lowest BCUT2D eigenvalue weighted by molar-refractivity contribution is -0.137. The number of fused-ring (bicyclic) bond motifs is 1. The summed E-state index contributed by atoms with van der Waals surface area (Å²) in [5.41, 5.74) is 4.06. The zero-order valence-corrected chi connectivity index (χ0v) is 18.3. The molecule has 1 atom stereocenters. The Hall–Kier alpha value is -3.00. The average molecular weight is 445 g/mol. The van der Waals surface area contributed by atoms with Gasteiger partial charge in [0.25, 0.3) is 0 Å². The zero-order chi connectivity index (χ0) is 22.6. The maximum Gasteiger partial charge on any atom is 0.325 e. The van der Waals surface area contributed by atoms with E-state index < -0.39 is 15.8 Å². The average Bonchev–Trinajstić information content (AvgIpc) is 3.12. The number of carboxylic acids is 1. The predicted molar refractivity (Wildman–Crippen MR) is 116 cm³/mol. The van der Waals surface area contributed by atoms with Crippen molar-refractivity contribution >= 4 is 15.8 Å². The first-order valence-corrected chi connectivity index (χ1v) is 11.9. The van der Waals surface area contributed by atoms with Gasteiger partial charge in [-0.1, -0.05) is 31.2 Å². The quantitative estimate of drug-likeness (QED) is 0.648. The SMILES string of the molecule is CC1CCCc2c1cnn2CC(=O)O.CS(=O)(=O)c1ccc(-c2ccc(F)cc2)cc1. The van der Waals surface area contributed by atoms with Gasteiger partial charge in [-0.2, -0.15) is 5.10 Å². The fraction of sp³-hybridized carbons (Fsp3) is 0.304. The summed E-state index contributed by atoms with van der Waals surface area (Å²) in [5, 5.41) is 12.8. The van der Waals surface area contributed by atoms with Gasteiger partial charge in [0.05, 0.1) is 11.1 Å². The maximum atomic E-state index is 12.7. The van der Waals surface area contributed by atoms with E-state index in [2.05, 4.69) is 12.0 Å². The van der Waals surface area contributed by atoms with Crippen molar-refractivity contribution in [1.29, 1.82) is 0 Å². The molecule has 0 aliphatic heterocycles. The molecule has 0 bridgehead atoms. The Labute approximate surface area is 181 Å². The van der Waals surface area contributed by atoms with E-state index in [1.807, 2.05) is 6.20 Å². The molecule has 164 valence electrons. The predicted octanol–water partition coefficient (Wildman–Crippen LogP) is 4.30. The summed E-state index contributed by atoms with van der Waals surface area (Å²) in [5.74, 6) is -0.586. The largest absolute Gasteiger partial charge is 0.480 e. The van der Waals surface area contributed by atoms with E-state index in [-0.39, 0.29) is 17.3 Å². The van der Waals surface area contributed by atoms with Crippen LogP contribution in [0.3, 0.4) is 0 Å². The van der Waals surface area contributed by atoms with Crippen molar-refractivity contribution < 1.29 is 22.7 Å². The minimum absolute atomic E-state index is 0.0119. The monoisotopic (exact) mass is 444 g/mol. The van der Waals surface area contributed by atoms with Crippen LogP contribution >= 0.6 is 0 Å². The molecule has 31 heavy (non-hydrogen) atoms. The van der Waals surface area contributed by atoms with Crippen LogP contribution in [0.1, 0.15) is 36.9 Å². The van der Waals surface area contributed by atoms with E-state index in [4.69, 9.17) is 5.11 Å². The van der Waals surface area contributed by atoms with Gasteiger partial charge >= 0.3 is 5.97 Å². The lowest BCUT2D eigenvalue weighted by atomic mass is 9.89. The molecule has 1 aliphatic rings. The van der Waals surface area contributed by atoms with Crippen molar-refractivity contribution in [3.63, 3.8) is 0 Å². The second-order valence-electron chi connectivity index (χ2n) is 7.69. The molecule has 4 rings (SSSR count). The minimum Gasteiger partial charge on any atom is -0.480 e. The highest BCUT2D eigenvalue weighted by Crippen LogP contribution is 2.30. The molecule has 3 aromatic rings. The van der Waals surface area contributed by atoms with Gasteiger partial charge in [0.2, 0.25) is 0 Å². The highest BCUT2D eigenvalue weighted by molar-refractivity contribution is 7.90. The minimum atomic E-state index is -3.17. The van der Waals surface area contributed by atoms with Crippen LogP contribution in [0.5, 0.6) is 0 Å². The normalized spacial score (nSPS) is 15.5. The van der Waals surface area contributed by atoms with E-state index in [1.54, 1.807) is 41.1 Å². The summed E-state index contributed by atoms with van der Waals surface area (Å²) in [6.07, 6.45) is 6.28. The van der Waals surface area contributed by atoms with Gasteiger partial charge in [-0.05, 0) is 66.1 Å². The van der Waals surface area contributed by atoms with Gasteiger partial charge < -0.3 is 5.11 Å². The first-order valence-electron chi connectivity index (χ1n) is 9.97. The van der Waals surface area contributed by atoms with Gasteiger partial charge in [-0.15, -0.1) is 0 Å². The highest BCUT2D eigenvalue weighted by Gasteiger charge is 2.21. The molecule has 1 heterocycles. The van der Waals surface area contributed by atoms with Gasteiger partial charge in [0.1, 0.15) is 12.4 Å². The van der Waals surface area contributed by atoms with Gasteiger partial charge in [-0.25, -0.2) is 12.8 Å². The van der Waals surface area contributed by atoms with Crippen LogP contribution in [0.4, 0.5) is 4.39 Å². The number of rotatable bonds is 4. The smallest absolute Gasteiger partial charge is 0.325 e. The lowest BCUT2D eigenvalue weighted by Gasteiger charge is -2.18. The number of hydrogen-bond acceptors (Lipinski definition) is 4. The molecule has 1 aliphatic carbocycles. The molecular formula is C23H25FN2O4S. The number of benzene rings is 2. The number of carbonyl (C=O) groups is 1. The summed E-state index contributed by atoms with van der Waals surface area (Å²) in [6, 6.07) is 12.6. The Bertz CT molecular complexity index is 1150. The Morgan fingerprint density at radius 3 is 2.26 bits per heavy atom. The third kappa shape index (κ3) is 5.79. The van der Waals surface area contributed by atoms with E-state index >= 15 is 0 Å². The van der Waals surface area contributed by atoms with E-state index in [9.17, 15) is 17.6 Å². The first kappa shape index (κ1) is 22.7. The highest BCUT2D eigenvalue weighted by atomic mass is 32.2. The molecule has 1 N–H and O–H groups in total. The molecule has 1 aromatic heterocycles. The third-order valence-corrected chi connectivity index (χ3v) is 6.44. The number of nitrogens with zero attached hydrogens (tertiary/aromatic N) is 2. The molecule has 0 spiro atoms. The standard InChI is InChI=1S/C13H11FO2S.C10H14N2O2/c1-17(15,16)13-8-4-11(5-9-13)10-2-6-12(14)7-3-10;1-7-3-2-4-9-8(7)5-11-12(9)6-10(13)14/h2-9H,1H3;5,7H,2-4,6H2,1H3,(H,13,14). The maximum absolute atomic E-state index is 12.7. The Morgan fingerprint density at radius 2 is 1.71 bits per heavy atom. The summed E-state index contributed by atoms with van der Waals surface area (Å²) in [6.45, 7) is 2.16. The number of sulfone groups is 1. The molecule has 0 saturated heterocycles. The second kappa shape index (κ2) is 9.43. The van der Waals surface area contributed by atoms with E-state index in [1.165, 1.54) is 30.4 Å². The zero-order valence-electron chi connectivity index (χ0n) is 17.5. The summed E-state index contributed by atoms with van der Waals surface area (Å²) < 4.78 is 36.9. The van der Waals surface area contributed by atoms with Gasteiger partial charge in [0, 0.05) is 11.9 Å². The molecule has 6 nitrogen and oxygen atoms in total. The molecule has 8 heteroatoms. The van der Waals surface area contributed by atoms with Crippen LogP contribution in [0.15, 0.2) is 59.6 Å². The number of hydrogen-bond donors (Lipinski definition) is 1. The Morgan fingerprint density at radius 1 is 1.13 bits per heavy atom. The van der Waals surface area contributed by atoms with Crippen LogP contribution < -0.4 is 0 Å². The van der Waals surface area contributed by atoms with E-state index in [0.29, 0.717) is 5.92 Å². The molecular weight excluding hydrogens is 419 g/mol. The van der Waals surface area contributed by atoms with Crippen molar-refractivity contribution in [3.8, 4) is 11.1 Å². The van der Waals surface area contributed by atoms with Crippen LogP contribution in [0.2, 0.25) is 0 Å². The third-order valence-electron chi connectivity index (χ3n) is 5.31. The molecule has 2 aromatic carbocycles.